The molecule has 0 saturated heterocycles. The highest BCUT2D eigenvalue weighted by Gasteiger charge is 2.55. The standard InChI is InChI=1S/C24H26N/c1-22(2)16-10-7-9-15-13-14-25-21(19(15)16)20-17(22)11-8-12-18(20)23(3,4)24(25,5)6/h7-14H,1-6H3/q+1. The molecule has 1 heteroatoms. The molecule has 0 radical (unpaired) electrons. The fraction of sp³-hybridized carbons (Fsp3) is 0.375. The SMILES string of the molecule is CC1(C)c2cccc3c2-c2c4c1cccc4cc[n+]2C(C)(C)C3(C)C. The van der Waals surface area contributed by atoms with Gasteiger partial charge in [-0.05, 0) is 35.9 Å². The van der Waals surface area contributed by atoms with Crippen molar-refractivity contribution in [3.05, 3.63) is 65.4 Å². The monoisotopic (exact) mass is 328 g/mol. The van der Waals surface area contributed by atoms with Crippen molar-refractivity contribution in [2.75, 3.05) is 0 Å². The molecule has 2 heterocycles. The molecule has 3 aromatic rings. The molecule has 2 aliphatic rings. The minimum atomic E-state index is 0.0107. The predicted octanol–water partition coefficient (Wildman–Crippen LogP) is 5.46. The van der Waals surface area contributed by atoms with Gasteiger partial charge in [0.1, 0.15) is 0 Å². The highest BCUT2D eigenvalue weighted by molar-refractivity contribution is 6.01. The normalized spacial score (nSPS) is 20.6. The van der Waals surface area contributed by atoms with Gasteiger partial charge in [-0.3, -0.25) is 0 Å². The minimum absolute atomic E-state index is 0.0107. The number of hydrogen-bond acceptors (Lipinski definition) is 0. The summed E-state index contributed by atoms with van der Waals surface area (Å²) in [6.45, 7) is 14.3. The lowest BCUT2D eigenvalue weighted by Crippen LogP contribution is -2.66. The van der Waals surface area contributed by atoms with Crippen molar-refractivity contribution >= 4 is 10.8 Å². The van der Waals surface area contributed by atoms with Crippen LogP contribution in [-0.4, -0.2) is 0 Å². The van der Waals surface area contributed by atoms with Crippen LogP contribution in [-0.2, 0) is 16.4 Å². The first-order valence-corrected chi connectivity index (χ1v) is 9.32. The molecule has 126 valence electrons. The van der Waals surface area contributed by atoms with Crippen molar-refractivity contribution in [2.45, 2.75) is 57.9 Å². The molecule has 0 N–H and O–H groups in total. The van der Waals surface area contributed by atoms with Gasteiger partial charge in [-0.2, -0.15) is 4.57 Å². The average Bonchev–Trinajstić information content (AvgIpc) is 2.57. The Labute approximate surface area is 150 Å². The van der Waals surface area contributed by atoms with Gasteiger partial charge in [0.2, 0.25) is 5.69 Å². The van der Waals surface area contributed by atoms with Crippen LogP contribution < -0.4 is 4.57 Å². The van der Waals surface area contributed by atoms with E-state index in [-0.39, 0.29) is 16.4 Å². The van der Waals surface area contributed by atoms with Crippen LogP contribution in [0.1, 0.15) is 58.2 Å². The molecule has 1 aliphatic heterocycles. The summed E-state index contributed by atoms with van der Waals surface area (Å²) in [7, 11) is 0. The van der Waals surface area contributed by atoms with E-state index in [9.17, 15) is 0 Å². The van der Waals surface area contributed by atoms with Crippen LogP contribution in [0.15, 0.2) is 48.7 Å². The molecule has 0 atom stereocenters. The average molecular weight is 328 g/mol. The van der Waals surface area contributed by atoms with Gasteiger partial charge in [0.25, 0.3) is 0 Å². The van der Waals surface area contributed by atoms with Crippen LogP contribution in [0.2, 0.25) is 0 Å². The van der Waals surface area contributed by atoms with E-state index in [1.807, 2.05) is 0 Å². The van der Waals surface area contributed by atoms with E-state index in [1.165, 1.54) is 38.7 Å². The summed E-state index contributed by atoms with van der Waals surface area (Å²) in [5.41, 5.74) is 7.40. The lowest BCUT2D eigenvalue weighted by atomic mass is 9.60. The van der Waals surface area contributed by atoms with Gasteiger partial charge < -0.3 is 0 Å². The molecular formula is C24H26N+. The second-order valence-electron chi connectivity index (χ2n) is 9.34. The number of pyridine rings is 1. The van der Waals surface area contributed by atoms with Gasteiger partial charge in [-0.1, -0.05) is 50.2 Å². The Balaban J connectivity index is 2.13. The second-order valence-corrected chi connectivity index (χ2v) is 9.34. The maximum atomic E-state index is 2.54. The number of nitrogens with zero attached hydrogens (tertiary/aromatic N) is 1. The Morgan fingerprint density at radius 3 is 2.12 bits per heavy atom. The molecule has 0 fully saturated rings. The van der Waals surface area contributed by atoms with Crippen LogP contribution in [0.3, 0.4) is 0 Å². The van der Waals surface area contributed by atoms with Crippen LogP contribution in [0.5, 0.6) is 0 Å². The van der Waals surface area contributed by atoms with E-state index in [0.29, 0.717) is 0 Å². The van der Waals surface area contributed by atoms with E-state index in [0.717, 1.165) is 0 Å². The smallest absolute Gasteiger partial charge is 0.192 e. The van der Waals surface area contributed by atoms with E-state index < -0.39 is 0 Å². The Kier molecular flexibility index (Phi) is 2.51. The number of benzene rings is 2. The lowest BCUT2D eigenvalue weighted by molar-refractivity contribution is -0.759. The maximum Gasteiger partial charge on any atom is 0.221 e. The summed E-state index contributed by atoms with van der Waals surface area (Å²) < 4.78 is 2.54. The molecule has 1 nitrogen and oxygen atoms in total. The minimum Gasteiger partial charge on any atom is -0.192 e. The maximum absolute atomic E-state index is 2.54. The van der Waals surface area contributed by atoms with Crippen molar-refractivity contribution < 1.29 is 4.57 Å². The first-order valence-electron chi connectivity index (χ1n) is 9.32. The van der Waals surface area contributed by atoms with Crippen molar-refractivity contribution in [1.82, 2.24) is 0 Å². The summed E-state index contributed by atoms with van der Waals surface area (Å²) in [6.07, 6.45) is 2.31. The van der Waals surface area contributed by atoms with Gasteiger partial charge in [0.15, 0.2) is 11.7 Å². The van der Waals surface area contributed by atoms with Gasteiger partial charge >= 0.3 is 0 Å². The third-order valence-corrected chi connectivity index (χ3v) is 7.43. The Morgan fingerprint density at radius 1 is 0.720 bits per heavy atom. The fourth-order valence-electron chi connectivity index (χ4n) is 5.18. The molecule has 0 amide bonds. The van der Waals surface area contributed by atoms with E-state index in [2.05, 4.69) is 94.8 Å². The first kappa shape index (κ1) is 15.1. The summed E-state index contributed by atoms with van der Waals surface area (Å²) >= 11 is 0. The molecule has 0 spiro atoms. The zero-order chi connectivity index (χ0) is 17.8. The predicted molar refractivity (Wildman–Crippen MR) is 104 cm³/mol. The Hall–Kier alpha value is -2.15. The second kappa shape index (κ2) is 4.15. The third-order valence-electron chi connectivity index (χ3n) is 7.43. The largest absolute Gasteiger partial charge is 0.221 e. The van der Waals surface area contributed by atoms with E-state index in [1.54, 1.807) is 0 Å². The van der Waals surface area contributed by atoms with Gasteiger partial charge in [0.05, 0.1) is 16.4 Å². The van der Waals surface area contributed by atoms with E-state index in [4.69, 9.17) is 0 Å². The number of hydrogen-bond donors (Lipinski definition) is 0. The molecule has 25 heavy (non-hydrogen) atoms. The van der Waals surface area contributed by atoms with Gasteiger partial charge in [-0.15, -0.1) is 0 Å². The van der Waals surface area contributed by atoms with Gasteiger partial charge in [-0.25, -0.2) is 0 Å². The van der Waals surface area contributed by atoms with Crippen LogP contribution in [0, 0.1) is 0 Å². The first-order chi connectivity index (χ1) is 11.7. The third kappa shape index (κ3) is 1.50. The number of aromatic nitrogens is 1. The van der Waals surface area contributed by atoms with Crippen LogP contribution in [0.4, 0.5) is 0 Å². The highest BCUT2D eigenvalue weighted by atomic mass is 15.1. The summed E-state index contributed by atoms with van der Waals surface area (Å²) in [4.78, 5) is 0. The molecule has 1 aromatic heterocycles. The number of rotatable bonds is 0. The highest BCUT2D eigenvalue weighted by Crippen LogP contribution is 2.54. The Morgan fingerprint density at radius 2 is 1.36 bits per heavy atom. The zero-order valence-electron chi connectivity index (χ0n) is 16.1. The molecular weight excluding hydrogens is 302 g/mol. The van der Waals surface area contributed by atoms with E-state index >= 15 is 0 Å². The van der Waals surface area contributed by atoms with Crippen molar-refractivity contribution in [2.24, 2.45) is 0 Å². The molecule has 5 rings (SSSR count). The summed E-state index contributed by atoms with van der Waals surface area (Å²) in [5, 5.41) is 2.80. The van der Waals surface area contributed by atoms with Gasteiger partial charge in [0, 0.05) is 25.3 Å². The lowest BCUT2D eigenvalue weighted by Gasteiger charge is -2.46. The molecule has 1 aliphatic carbocycles. The van der Waals surface area contributed by atoms with Crippen LogP contribution >= 0.6 is 0 Å². The fourth-order valence-corrected chi connectivity index (χ4v) is 5.18. The molecule has 2 aromatic carbocycles. The van der Waals surface area contributed by atoms with Crippen molar-refractivity contribution in [3.63, 3.8) is 0 Å². The molecule has 0 saturated carbocycles. The summed E-state index contributed by atoms with van der Waals surface area (Å²) in [5.74, 6) is 0. The Bertz CT molecular complexity index is 1070. The topological polar surface area (TPSA) is 3.88 Å². The van der Waals surface area contributed by atoms with Crippen molar-refractivity contribution in [1.29, 1.82) is 0 Å². The summed E-state index contributed by atoms with van der Waals surface area (Å²) in [6, 6.07) is 16.1. The van der Waals surface area contributed by atoms with Crippen LogP contribution in [0.25, 0.3) is 22.0 Å². The quantitative estimate of drug-likeness (QED) is 0.482. The molecule has 0 bridgehead atoms. The molecule has 0 unspecified atom stereocenters. The van der Waals surface area contributed by atoms with Crippen molar-refractivity contribution in [3.8, 4) is 11.3 Å². The zero-order valence-corrected chi connectivity index (χ0v) is 16.1.